The smallest absolute Gasteiger partial charge is 0.205 e. The third kappa shape index (κ3) is 3.43. The van der Waals surface area contributed by atoms with E-state index < -0.39 is 0 Å². The number of hydrogen-bond acceptors (Lipinski definition) is 5. The molecule has 1 aromatic rings. The van der Waals surface area contributed by atoms with E-state index in [1.807, 2.05) is 0 Å². The first-order chi connectivity index (χ1) is 7.19. The molecule has 0 amide bonds. The molecule has 0 spiro atoms. The molecule has 0 aliphatic rings. The number of rotatable bonds is 6. The molecule has 1 rings (SSSR count). The van der Waals surface area contributed by atoms with Crippen LogP contribution in [-0.4, -0.2) is 29.0 Å². The van der Waals surface area contributed by atoms with Crippen LogP contribution < -0.4 is 10.6 Å². The van der Waals surface area contributed by atoms with Crippen LogP contribution >= 0.6 is 11.5 Å². The summed E-state index contributed by atoms with van der Waals surface area (Å²) < 4.78 is 4.35. The summed E-state index contributed by atoms with van der Waals surface area (Å²) in [5.41, 5.74) is 5.50. The Kier molecular flexibility index (Phi) is 4.98. The molecule has 0 aliphatic carbocycles. The molecule has 0 unspecified atom stereocenters. The van der Waals surface area contributed by atoms with Gasteiger partial charge in [0.15, 0.2) is 0 Å². The van der Waals surface area contributed by atoms with Crippen molar-refractivity contribution in [3.8, 4) is 0 Å². The number of anilines is 1. The van der Waals surface area contributed by atoms with Gasteiger partial charge in [-0.3, -0.25) is 0 Å². The van der Waals surface area contributed by atoms with Crippen LogP contribution in [-0.2, 0) is 0 Å². The highest BCUT2D eigenvalue weighted by Gasteiger charge is 2.12. The zero-order valence-electron chi connectivity index (χ0n) is 9.73. The second-order valence-electron chi connectivity index (χ2n) is 3.81. The summed E-state index contributed by atoms with van der Waals surface area (Å²) in [6.45, 7) is 9.02. The van der Waals surface area contributed by atoms with Crippen molar-refractivity contribution in [3.63, 3.8) is 0 Å². The summed E-state index contributed by atoms with van der Waals surface area (Å²) >= 11 is 1.48. The molecule has 0 aromatic carbocycles. The van der Waals surface area contributed by atoms with Crippen molar-refractivity contribution in [2.45, 2.75) is 33.1 Å². The third-order valence-corrected chi connectivity index (χ3v) is 3.02. The molecule has 0 saturated carbocycles. The Bertz CT molecular complexity index is 285. The lowest BCUT2D eigenvalue weighted by molar-refractivity contribution is 0.742. The van der Waals surface area contributed by atoms with Gasteiger partial charge in [0.25, 0.3) is 0 Å². The molecule has 0 aliphatic heterocycles. The van der Waals surface area contributed by atoms with E-state index >= 15 is 0 Å². The van der Waals surface area contributed by atoms with E-state index in [0.717, 1.165) is 37.0 Å². The summed E-state index contributed by atoms with van der Waals surface area (Å²) in [5, 5.41) is 1.02. The van der Waals surface area contributed by atoms with Crippen LogP contribution in [0.2, 0.25) is 0 Å². The van der Waals surface area contributed by atoms with Crippen molar-refractivity contribution in [2.24, 2.45) is 5.73 Å². The Morgan fingerprint density at radius 1 is 1.47 bits per heavy atom. The van der Waals surface area contributed by atoms with Crippen LogP contribution in [0.1, 0.15) is 38.9 Å². The first-order valence-corrected chi connectivity index (χ1v) is 6.25. The monoisotopic (exact) mass is 228 g/mol. The van der Waals surface area contributed by atoms with Gasteiger partial charge in [-0.2, -0.15) is 4.37 Å². The van der Waals surface area contributed by atoms with Crippen LogP contribution in [0.3, 0.4) is 0 Å². The topological polar surface area (TPSA) is 55.0 Å². The number of nitrogens with two attached hydrogens (primary N) is 1. The summed E-state index contributed by atoms with van der Waals surface area (Å²) in [6.07, 6.45) is 1.00. The van der Waals surface area contributed by atoms with E-state index in [4.69, 9.17) is 5.73 Å². The predicted octanol–water partition coefficient (Wildman–Crippen LogP) is 1.84. The highest BCUT2D eigenvalue weighted by Crippen LogP contribution is 2.21. The van der Waals surface area contributed by atoms with Crippen LogP contribution in [0, 0.1) is 0 Å². The largest absolute Gasteiger partial charge is 0.347 e. The zero-order chi connectivity index (χ0) is 11.3. The fraction of sp³-hybridized carbons (Fsp3) is 0.800. The highest BCUT2D eigenvalue weighted by molar-refractivity contribution is 7.09. The van der Waals surface area contributed by atoms with Gasteiger partial charge >= 0.3 is 0 Å². The minimum Gasteiger partial charge on any atom is -0.347 e. The molecule has 0 saturated heterocycles. The molecule has 0 radical (unpaired) electrons. The van der Waals surface area contributed by atoms with Gasteiger partial charge in [-0.15, -0.1) is 0 Å². The fourth-order valence-corrected chi connectivity index (χ4v) is 2.16. The summed E-state index contributed by atoms with van der Waals surface area (Å²) in [4.78, 5) is 6.76. The molecule has 86 valence electrons. The number of aromatic nitrogens is 2. The molecular formula is C10H20N4S. The lowest BCUT2D eigenvalue weighted by Gasteiger charge is -2.18. The van der Waals surface area contributed by atoms with E-state index in [1.54, 1.807) is 0 Å². The average molecular weight is 228 g/mol. The van der Waals surface area contributed by atoms with Gasteiger partial charge in [0.1, 0.15) is 5.82 Å². The normalized spacial score (nSPS) is 11.0. The van der Waals surface area contributed by atoms with Crippen molar-refractivity contribution in [1.82, 2.24) is 9.36 Å². The van der Waals surface area contributed by atoms with Crippen LogP contribution in [0.5, 0.6) is 0 Å². The van der Waals surface area contributed by atoms with E-state index in [2.05, 4.69) is 35.0 Å². The quantitative estimate of drug-likeness (QED) is 0.807. The van der Waals surface area contributed by atoms with Gasteiger partial charge in [-0.1, -0.05) is 13.8 Å². The third-order valence-electron chi connectivity index (χ3n) is 2.23. The Morgan fingerprint density at radius 3 is 2.67 bits per heavy atom. The fourth-order valence-electron chi connectivity index (χ4n) is 1.26. The maximum absolute atomic E-state index is 5.50. The first-order valence-electron chi connectivity index (χ1n) is 5.47. The first kappa shape index (κ1) is 12.4. The Hall–Kier alpha value is -0.680. The number of hydrogen-bond donors (Lipinski definition) is 1. The van der Waals surface area contributed by atoms with E-state index in [9.17, 15) is 0 Å². The van der Waals surface area contributed by atoms with Crippen molar-refractivity contribution in [3.05, 3.63) is 5.82 Å². The summed E-state index contributed by atoms with van der Waals surface area (Å²) in [6, 6.07) is 0. The predicted molar refractivity (Wildman–Crippen MR) is 65.6 cm³/mol. The van der Waals surface area contributed by atoms with Gasteiger partial charge < -0.3 is 10.6 Å². The molecule has 1 heterocycles. The van der Waals surface area contributed by atoms with Crippen LogP contribution in [0.15, 0.2) is 0 Å². The summed E-state index contributed by atoms with van der Waals surface area (Å²) in [7, 11) is 0. The maximum atomic E-state index is 5.50. The lowest BCUT2D eigenvalue weighted by atomic mass is 10.2. The van der Waals surface area contributed by atoms with Crippen molar-refractivity contribution < 1.29 is 0 Å². The highest BCUT2D eigenvalue weighted by atomic mass is 32.1. The average Bonchev–Trinajstić information content (AvgIpc) is 2.68. The zero-order valence-corrected chi connectivity index (χ0v) is 10.5. The molecule has 1 aromatic heterocycles. The minimum atomic E-state index is 0.406. The minimum absolute atomic E-state index is 0.406. The van der Waals surface area contributed by atoms with Crippen molar-refractivity contribution >= 4 is 16.7 Å². The van der Waals surface area contributed by atoms with Crippen molar-refractivity contribution in [1.29, 1.82) is 0 Å². The molecule has 0 fully saturated rings. The van der Waals surface area contributed by atoms with Gasteiger partial charge in [0, 0.05) is 30.5 Å². The Labute approximate surface area is 95.7 Å². The molecular weight excluding hydrogens is 208 g/mol. The standard InChI is InChI=1S/C10H20N4S/c1-4-14(7-5-6-11)10-12-9(8(2)3)13-15-10/h8H,4-7,11H2,1-3H3. The van der Waals surface area contributed by atoms with Gasteiger partial charge in [-0.05, 0) is 19.9 Å². The van der Waals surface area contributed by atoms with Crippen molar-refractivity contribution in [2.75, 3.05) is 24.5 Å². The van der Waals surface area contributed by atoms with E-state index in [0.29, 0.717) is 5.92 Å². The molecule has 15 heavy (non-hydrogen) atoms. The van der Waals surface area contributed by atoms with Crippen LogP contribution in [0.25, 0.3) is 0 Å². The van der Waals surface area contributed by atoms with Gasteiger partial charge in [0.05, 0.1) is 0 Å². The molecule has 0 atom stereocenters. The lowest BCUT2D eigenvalue weighted by Crippen LogP contribution is -2.25. The van der Waals surface area contributed by atoms with E-state index in [1.165, 1.54) is 11.5 Å². The molecule has 5 heteroatoms. The Balaban J connectivity index is 2.65. The summed E-state index contributed by atoms with van der Waals surface area (Å²) in [5.74, 6) is 1.35. The second-order valence-corrected chi connectivity index (χ2v) is 4.54. The Morgan fingerprint density at radius 2 is 2.20 bits per heavy atom. The molecule has 0 bridgehead atoms. The van der Waals surface area contributed by atoms with Gasteiger partial charge in [-0.25, -0.2) is 4.98 Å². The van der Waals surface area contributed by atoms with Crippen LogP contribution in [0.4, 0.5) is 5.13 Å². The SMILES string of the molecule is CCN(CCCN)c1nc(C(C)C)ns1. The molecule has 2 N–H and O–H groups in total. The van der Waals surface area contributed by atoms with E-state index in [-0.39, 0.29) is 0 Å². The maximum Gasteiger partial charge on any atom is 0.205 e. The second kappa shape index (κ2) is 6.02. The molecule has 4 nitrogen and oxygen atoms in total. The number of nitrogens with zero attached hydrogens (tertiary/aromatic N) is 3. The van der Waals surface area contributed by atoms with Gasteiger partial charge in [0.2, 0.25) is 5.13 Å².